The van der Waals surface area contributed by atoms with Gasteiger partial charge in [0.05, 0.1) is 12.5 Å². The monoisotopic (exact) mass is 289 g/mol. The van der Waals surface area contributed by atoms with E-state index in [0.29, 0.717) is 35.5 Å². The third-order valence-electron chi connectivity index (χ3n) is 3.76. The molecule has 1 saturated heterocycles. The lowest BCUT2D eigenvalue weighted by atomic mass is 10.2. The number of carbonyl (C=O) groups is 1. The van der Waals surface area contributed by atoms with Gasteiger partial charge in [-0.15, -0.1) is 0 Å². The molecule has 1 aromatic heterocycles. The lowest BCUT2D eigenvalue weighted by molar-refractivity contribution is 0.0989. The first-order valence-corrected chi connectivity index (χ1v) is 7.16. The maximum absolute atomic E-state index is 11.5. The number of ether oxygens (including phenoxy) is 2. The summed E-state index contributed by atoms with van der Waals surface area (Å²) < 4.78 is 16.7. The van der Waals surface area contributed by atoms with Crippen molar-refractivity contribution in [2.24, 2.45) is 0 Å². The smallest absolute Gasteiger partial charge is 0.194 e. The molecular weight excluding hydrogens is 270 g/mol. The van der Waals surface area contributed by atoms with E-state index in [1.54, 1.807) is 19.2 Å². The van der Waals surface area contributed by atoms with Crippen LogP contribution in [0.2, 0.25) is 0 Å². The molecule has 21 heavy (non-hydrogen) atoms. The van der Waals surface area contributed by atoms with Crippen LogP contribution in [0.25, 0.3) is 11.0 Å². The number of furan rings is 1. The van der Waals surface area contributed by atoms with Gasteiger partial charge in [0.1, 0.15) is 23.7 Å². The highest BCUT2D eigenvalue weighted by Crippen LogP contribution is 2.34. The van der Waals surface area contributed by atoms with Crippen LogP contribution in [0.3, 0.4) is 0 Å². The average Bonchev–Trinajstić information content (AvgIpc) is 3.13. The van der Waals surface area contributed by atoms with Crippen molar-refractivity contribution in [3.63, 3.8) is 0 Å². The van der Waals surface area contributed by atoms with E-state index in [0.717, 1.165) is 18.4 Å². The molecule has 3 rings (SSSR count). The van der Waals surface area contributed by atoms with Crippen LogP contribution in [0.1, 0.15) is 30.3 Å². The second-order valence-corrected chi connectivity index (χ2v) is 5.31. The Balaban J connectivity index is 1.91. The van der Waals surface area contributed by atoms with Gasteiger partial charge in [0, 0.05) is 25.1 Å². The largest absolute Gasteiger partial charge is 0.496 e. The van der Waals surface area contributed by atoms with Gasteiger partial charge < -0.3 is 19.2 Å². The fourth-order valence-electron chi connectivity index (χ4n) is 2.58. The molecule has 1 fully saturated rings. The Morgan fingerprint density at radius 3 is 2.95 bits per heavy atom. The lowest BCUT2D eigenvalue weighted by Gasteiger charge is -2.13. The number of fused-ring (bicyclic) bond motifs is 1. The Kier molecular flexibility index (Phi) is 3.84. The first-order chi connectivity index (χ1) is 10.2. The molecule has 1 aromatic carbocycles. The molecule has 0 unspecified atom stereocenters. The second kappa shape index (κ2) is 5.77. The predicted octanol–water partition coefficient (Wildman–Crippen LogP) is 2.77. The van der Waals surface area contributed by atoms with Gasteiger partial charge in [-0.1, -0.05) is 0 Å². The van der Waals surface area contributed by atoms with Crippen LogP contribution >= 0.6 is 0 Å². The van der Waals surface area contributed by atoms with Gasteiger partial charge in [-0.2, -0.15) is 0 Å². The molecule has 1 aliphatic rings. The highest BCUT2D eigenvalue weighted by molar-refractivity contribution is 5.98. The summed E-state index contributed by atoms with van der Waals surface area (Å²) in [4.78, 5) is 11.5. The summed E-state index contributed by atoms with van der Waals surface area (Å²) in [5.74, 6) is 1.58. The fraction of sp³-hybridized carbons (Fsp3) is 0.438. The van der Waals surface area contributed by atoms with Crippen molar-refractivity contribution in [2.45, 2.75) is 25.8 Å². The summed E-state index contributed by atoms with van der Waals surface area (Å²) in [7, 11) is 1.60. The number of carbonyl (C=O) groups excluding carboxylic acids is 1. The van der Waals surface area contributed by atoms with Crippen LogP contribution in [-0.2, 0) is 0 Å². The molecule has 0 bridgehead atoms. The van der Waals surface area contributed by atoms with Crippen molar-refractivity contribution in [2.75, 3.05) is 20.3 Å². The van der Waals surface area contributed by atoms with Gasteiger partial charge in [0.25, 0.3) is 0 Å². The summed E-state index contributed by atoms with van der Waals surface area (Å²) in [5, 5.41) is 4.20. The third kappa shape index (κ3) is 2.88. The molecule has 0 aliphatic carbocycles. The van der Waals surface area contributed by atoms with Gasteiger partial charge in [0.15, 0.2) is 11.5 Å². The van der Waals surface area contributed by atoms with Gasteiger partial charge in [-0.25, -0.2) is 0 Å². The molecular formula is C16H19NO4. The Hall–Kier alpha value is -2.01. The molecule has 2 aromatic rings. The van der Waals surface area contributed by atoms with Crippen molar-refractivity contribution < 1.29 is 18.7 Å². The Labute approximate surface area is 123 Å². The van der Waals surface area contributed by atoms with Crippen LogP contribution in [0.5, 0.6) is 11.5 Å². The molecule has 0 spiro atoms. The molecule has 112 valence electrons. The zero-order valence-corrected chi connectivity index (χ0v) is 12.3. The van der Waals surface area contributed by atoms with Crippen LogP contribution in [0.15, 0.2) is 22.6 Å². The zero-order valence-electron chi connectivity index (χ0n) is 12.3. The van der Waals surface area contributed by atoms with E-state index in [2.05, 4.69) is 5.32 Å². The normalized spacial score (nSPS) is 18.1. The maximum atomic E-state index is 11.5. The van der Waals surface area contributed by atoms with Crippen molar-refractivity contribution >= 4 is 16.8 Å². The molecule has 5 nitrogen and oxygen atoms in total. The van der Waals surface area contributed by atoms with E-state index in [1.165, 1.54) is 13.3 Å². The molecule has 0 amide bonds. The topological polar surface area (TPSA) is 60.7 Å². The van der Waals surface area contributed by atoms with Crippen LogP contribution < -0.4 is 14.8 Å². The standard InChI is InChI=1S/C16H19NO4/c1-10(18)14-8-13-15(20-9-11-4-3-5-17-11)6-12(19-2)7-16(13)21-14/h6-8,11,17H,3-5,9H2,1-2H3/t11-/m0/s1. The first kappa shape index (κ1) is 13.9. The summed E-state index contributed by atoms with van der Waals surface area (Å²) >= 11 is 0. The Bertz CT molecular complexity index is 656. The number of hydrogen-bond acceptors (Lipinski definition) is 5. The van der Waals surface area contributed by atoms with E-state index in [-0.39, 0.29) is 5.78 Å². The highest BCUT2D eigenvalue weighted by atomic mass is 16.5. The van der Waals surface area contributed by atoms with Crippen LogP contribution in [0, 0.1) is 0 Å². The SMILES string of the molecule is COc1cc(OC[C@@H]2CCCN2)c2cc(C(C)=O)oc2c1. The van der Waals surface area contributed by atoms with E-state index in [4.69, 9.17) is 13.9 Å². The van der Waals surface area contributed by atoms with Crippen molar-refractivity contribution in [3.05, 3.63) is 24.0 Å². The zero-order chi connectivity index (χ0) is 14.8. The van der Waals surface area contributed by atoms with Crippen molar-refractivity contribution in [1.82, 2.24) is 5.32 Å². The van der Waals surface area contributed by atoms with E-state index < -0.39 is 0 Å². The maximum Gasteiger partial charge on any atom is 0.194 e. The summed E-state index contributed by atoms with van der Waals surface area (Å²) in [6, 6.07) is 5.71. The predicted molar refractivity (Wildman–Crippen MR) is 79.3 cm³/mol. The fourth-order valence-corrected chi connectivity index (χ4v) is 2.58. The van der Waals surface area contributed by atoms with E-state index in [1.807, 2.05) is 6.07 Å². The molecule has 5 heteroatoms. The number of hydrogen-bond donors (Lipinski definition) is 1. The van der Waals surface area contributed by atoms with E-state index >= 15 is 0 Å². The molecule has 2 heterocycles. The minimum absolute atomic E-state index is 0.103. The van der Waals surface area contributed by atoms with Gasteiger partial charge >= 0.3 is 0 Å². The summed E-state index contributed by atoms with van der Waals surface area (Å²) in [5.41, 5.74) is 0.605. The van der Waals surface area contributed by atoms with Gasteiger partial charge in [-0.3, -0.25) is 4.79 Å². The minimum atomic E-state index is -0.103. The quantitative estimate of drug-likeness (QED) is 0.858. The molecule has 0 saturated carbocycles. The molecule has 1 atom stereocenters. The number of Topliss-reactive ketones (excluding diaryl/α,β-unsaturated/α-hetero) is 1. The number of methoxy groups -OCH3 is 1. The van der Waals surface area contributed by atoms with Crippen molar-refractivity contribution in [1.29, 1.82) is 0 Å². The summed E-state index contributed by atoms with van der Waals surface area (Å²) in [6.07, 6.45) is 2.30. The number of benzene rings is 1. The van der Waals surface area contributed by atoms with Gasteiger partial charge in [-0.05, 0) is 25.5 Å². The van der Waals surface area contributed by atoms with Crippen LogP contribution in [-0.4, -0.2) is 32.1 Å². The van der Waals surface area contributed by atoms with Crippen molar-refractivity contribution in [3.8, 4) is 11.5 Å². The second-order valence-electron chi connectivity index (χ2n) is 5.31. The third-order valence-corrected chi connectivity index (χ3v) is 3.76. The van der Waals surface area contributed by atoms with Gasteiger partial charge in [0.2, 0.25) is 0 Å². The van der Waals surface area contributed by atoms with Crippen LogP contribution in [0.4, 0.5) is 0 Å². The van der Waals surface area contributed by atoms with E-state index in [9.17, 15) is 4.79 Å². The minimum Gasteiger partial charge on any atom is -0.496 e. The Morgan fingerprint density at radius 1 is 1.43 bits per heavy atom. The molecule has 0 radical (unpaired) electrons. The molecule has 1 N–H and O–H groups in total. The number of nitrogens with one attached hydrogen (secondary N) is 1. The number of ketones is 1. The highest BCUT2D eigenvalue weighted by Gasteiger charge is 2.17. The Morgan fingerprint density at radius 2 is 2.29 bits per heavy atom. The lowest BCUT2D eigenvalue weighted by Crippen LogP contribution is -2.28. The average molecular weight is 289 g/mol. The first-order valence-electron chi connectivity index (χ1n) is 7.16. The summed E-state index contributed by atoms with van der Waals surface area (Å²) in [6.45, 7) is 3.13. The molecule has 1 aliphatic heterocycles. The number of rotatable bonds is 5.